The minimum absolute atomic E-state index is 0.0346. The summed E-state index contributed by atoms with van der Waals surface area (Å²) >= 11 is 6.54. The third-order valence-electron chi connectivity index (χ3n) is 8.44. The number of nitrogens with zero attached hydrogens (tertiary/aromatic N) is 3. The monoisotopic (exact) mass is 533 g/mol. The number of carbonyl (C=O) groups is 2. The Balaban J connectivity index is 1.65. The fraction of sp³-hybridized carbons (Fsp3) is 0.500. The van der Waals surface area contributed by atoms with Crippen molar-refractivity contribution in [2.24, 2.45) is 0 Å². The molecule has 2 heterocycles. The second-order valence-corrected chi connectivity index (χ2v) is 11.6. The first-order valence-electron chi connectivity index (χ1n) is 14.4. The summed E-state index contributed by atoms with van der Waals surface area (Å²) in [6.45, 7) is 5.62. The number of rotatable bonds is 7. The van der Waals surface area contributed by atoms with Gasteiger partial charge < -0.3 is 14.4 Å². The van der Waals surface area contributed by atoms with E-state index in [1.54, 1.807) is 9.80 Å². The van der Waals surface area contributed by atoms with E-state index in [0.717, 1.165) is 30.5 Å². The average Bonchev–Trinajstić information content (AvgIpc) is 3.22. The number of amides is 2. The van der Waals surface area contributed by atoms with Crippen LogP contribution in [-0.2, 0) is 16.1 Å². The Kier molecular flexibility index (Phi) is 8.13. The first-order chi connectivity index (χ1) is 18.4. The Morgan fingerprint density at radius 1 is 1.08 bits per heavy atom. The lowest BCUT2D eigenvalue weighted by atomic mass is 9.81. The van der Waals surface area contributed by atoms with E-state index in [1.165, 1.54) is 59.8 Å². The standard InChI is InChI=1S/C32H40ClN3O2/c1-4-5-9-17-34(3)30(38)21-36-28-20-24(33)13-15-26(28)32-31(23-10-7-6-8-11-23)25-14-12-22(2)19-27(25)35(32)18-16-29(36)37/h12-15,19-20,23H,4-11,16-18,21H2,1-3H3. The van der Waals surface area contributed by atoms with Crippen LogP contribution in [0.15, 0.2) is 36.4 Å². The lowest BCUT2D eigenvalue weighted by Gasteiger charge is -2.31. The number of carbonyl (C=O) groups excluding carboxylic acids is 2. The molecule has 5 nitrogen and oxygen atoms in total. The van der Waals surface area contributed by atoms with E-state index < -0.39 is 0 Å². The van der Waals surface area contributed by atoms with Gasteiger partial charge in [-0.25, -0.2) is 0 Å². The minimum Gasteiger partial charge on any atom is -0.344 e. The lowest BCUT2D eigenvalue weighted by molar-refractivity contribution is -0.130. The molecule has 1 fully saturated rings. The largest absolute Gasteiger partial charge is 0.344 e. The minimum atomic E-state index is -0.0387. The molecule has 6 heteroatoms. The molecule has 1 aromatic heterocycles. The topological polar surface area (TPSA) is 45.6 Å². The Labute approximate surface area is 231 Å². The van der Waals surface area contributed by atoms with Crippen LogP contribution < -0.4 is 4.90 Å². The summed E-state index contributed by atoms with van der Waals surface area (Å²) < 4.78 is 2.37. The van der Waals surface area contributed by atoms with Gasteiger partial charge in [-0.1, -0.05) is 62.8 Å². The molecule has 0 atom stereocenters. The van der Waals surface area contributed by atoms with Crippen LogP contribution in [0.1, 0.15) is 81.8 Å². The zero-order valence-corrected chi connectivity index (χ0v) is 23.8. The van der Waals surface area contributed by atoms with Crippen LogP contribution in [-0.4, -0.2) is 41.4 Å². The number of aromatic nitrogens is 1. The van der Waals surface area contributed by atoms with Crippen molar-refractivity contribution >= 4 is 40.0 Å². The Morgan fingerprint density at radius 2 is 1.87 bits per heavy atom. The van der Waals surface area contributed by atoms with Gasteiger partial charge >= 0.3 is 0 Å². The predicted octanol–water partition coefficient (Wildman–Crippen LogP) is 7.70. The van der Waals surface area contributed by atoms with Gasteiger partial charge in [-0.15, -0.1) is 0 Å². The van der Waals surface area contributed by atoms with Gasteiger partial charge in [-0.2, -0.15) is 0 Å². The van der Waals surface area contributed by atoms with Crippen LogP contribution in [0.25, 0.3) is 22.2 Å². The highest BCUT2D eigenvalue weighted by Crippen LogP contribution is 2.47. The molecule has 1 aliphatic carbocycles. The molecule has 3 aromatic rings. The van der Waals surface area contributed by atoms with Crippen molar-refractivity contribution in [1.29, 1.82) is 0 Å². The summed E-state index contributed by atoms with van der Waals surface area (Å²) in [7, 11) is 1.84. The maximum absolute atomic E-state index is 13.7. The summed E-state index contributed by atoms with van der Waals surface area (Å²) in [4.78, 5) is 30.4. The van der Waals surface area contributed by atoms with E-state index in [1.807, 2.05) is 19.2 Å². The molecule has 38 heavy (non-hydrogen) atoms. The van der Waals surface area contributed by atoms with Crippen molar-refractivity contribution in [2.45, 2.75) is 84.1 Å². The van der Waals surface area contributed by atoms with Crippen molar-refractivity contribution < 1.29 is 9.59 Å². The molecule has 2 aromatic carbocycles. The number of anilines is 1. The van der Waals surface area contributed by atoms with Crippen LogP contribution >= 0.6 is 11.6 Å². The van der Waals surface area contributed by atoms with Gasteiger partial charge in [0.1, 0.15) is 6.54 Å². The van der Waals surface area contributed by atoms with Gasteiger partial charge in [-0.05, 0) is 67.5 Å². The molecule has 0 saturated heterocycles. The molecule has 0 bridgehead atoms. The van der Waals surface area contributed by atoms with Crippen LogP contribution in [0.5, 0.6) is 0 Å². The third-order valence-corrected chi connectivity index (χ3v) is 8.68. The Bertz CT molecular complexity index is 1340. The molecular formula is C32H40ClN3O2. The maximum Gasteiger partial charge on any atom is 0.242 e. The van der Waals surface area contributed by atoms with Gasteiger partial charge in [0.25, 0.3) is 0 Å². The lowest BCUT2D eigenvalue weighted by Crippen LogP contribution is -2.43. The van der Waals surface area contributed by atoms with Gasteiger partial charge in [0.05, 0.1) is 11.4 Å². The fourth-order valence-corrected chi connectivity index (χ4v) is 6.54. The van der Waals surface area contributed by atoms with Gasteiger partial charge in [0.15, 0.2) is 0 Å². The van der Waals surface area contributed by atoms with Crippen molar-refractivity contribution in [3.05, 3.63) is 52.5 Å². The molecule has 2 aliphatic rings. The molecule has 0 radical (unpaired) electrons. The molecule has 202 valence electrons. The van der Waals surface area contributed by atoms with E-state index in [0.29, 0.717) is 30.5 Å². The first kappa shape index (κ1) is 26.8. The van der Waals surface area contributed by atoms with Crippen molar-refractivity contribution in [1.82, 2.24) is 9.47 Å². The molecule has 5 rings (SSSR count). The molecule has 2 amide bonds. The normalized spacial score (nSPS) is 16.2. The van der Waals surface area contributed by atoms with Crippen molar-refractivity contribution in [3.63, 3.8) is 0 Å². The Hall–Kier alpha value is -2.79. The SMILES string of the molecule is CCCCCN(C)C(=O)CN1C(=O)CCn2c(c(C3CCCCC3)c3ccc(C)cc32)-c2ccc(Cl)cc21. The number of hydrogen-bond acceptors (Lipinski definition) is 2. The van der Waals surface area contributed by atoms with E-state index >= 15 is 0 Å². The summed E-state index contributed by atoms with van der Waals surface area (Å²) in [6.07, 6.45) is 9.68. The van der Waals surface area contributed by atoms with Crippen LogP contribution in [0, 0.1) is 6.92 Å². The smallest absolute Gasteiger partial charge is 0.242 e. The number of benzene rings is 2. The molecule has 0 unspecified atom stereocenters. The van der Waals surface area contributed by atoms with Gasteiger partial charge in [0, 0.05) is 48.0 Å². The summed E-state index contributed by atoms with van der Waals surface area (Å²) in [5.74, 6) is 0.413. The summed E-state index contributed by atoms with van der Waals surface area (Å²) in [5, 5.41) is 1.87. The third kappa shape index (κ3) is 5.22. The summed E-state index contributed by atoms with van der Waals surface area (Å²) in [5.41, 5.74) is 6.77. The number of likely N-dealkylation sites (N-methyl/N-ethyl adjacent to an activating group) is 1. The second kappa shape index (κ2) is 11.5. The fourth-order valence-electron chi connectivity index (χ4n) is 6.37. The predicted molar refractivity (Wildman–Crippen MR) is 157 cm³/mol. The van der Waals surface area contributed by atoms with E-state index in [4.69, 9.17) is 11.6 Å². The zero-order chi connectivity index (χ0) is 26.8. The number of hydrogen-bond donors (Lipinski definition) is 0. The van der Waals surface area contributed by atoms with Crippen LogP contribution in [0.2, 0.25) is 5.02 Å². The average molecular weight is 534 g/mol. The number of halogens is 1. The highest BCUT2D eigenvalue weighted by molar-refractivity contribution is 6.31. The van der Waals surface area contributed by atoms with E-state index in [-0.39, 0.29) is 18.4 Å². The zero-order valence-electron chi connectivity index (χ0n) is 23.1. The molecule has 1 aliphatic heterocycles. The number of aryl methyl sites for hydroxylation is 2. The highest BCUT2D eigenvalue weighted by Gasteiger charge is 2.32. The number of unbranched alkanes of at least 4 members (excludes halogenated alkanes) is 2. The quantitative estimate of drug-likeness (QED) is 0.292. The summed E-state index contributed by atoms with van der Waals surface area (Å²) in [6, 6.07) is 12.6. The second-order valence-electron chi connectivity index (χ2n) is 11.2. The van der Waals surface area contributed by atoms with Gasteiger partial charge in [-0.3, -0.25) is 9.59 Å². The highest BCUT2D eigenvalue weighted by atomic mass is 35.5. The van der Waals surface area contributed by atoms with Crippen molar-refractivity contribution in [2.75, 3.05) is 25.0 Å². The van der Waals surface area contributed by atoms with E-state index in [9.17, 15) is 9.59 Å². The maximum atomic E-state index is 13.7. The molecule has 0 spiro atoms. The first-order valence-corrected chi connectivity index (χ1v) is 14.7. The number of fused-ring (bicyclic) bond motifs is 5. The van der Waals surface area contributed by atoms with Gasteiger partial charge in [0.2, 0.25) is 11.8 Å². The molecular weight excluding hydrogens is 494 g/mol. The molecule has 1 saturated carbocycles. The van der Waals surface area contributed by atoms with Crippen molar-refractivity contribution in [3.8, 4) is 11.3 Å². The molecule has 0 N–H and O–H groups in total. The van der Waals surface area contributed by atoms with E-state index in [2.05, 4.69) is 42.7 Å². The van der Waals surface area contributed by atoms with Crippen LogP contribution in [0.3, 0.4) is 0 Å². The Morgan fingerprint density at radius 3 is 2.63 bits per heavy atom. The van der Waals surface area contributed by atoms with Crippen LogP contribution in [0.4, 0.5) is 5.69 Å².